The van der Waals surface area contributed by atoms with Crippen molar-refractivity contribution in [3.8, 4) is 0 Å². The zero-order valence-electron chi connectivity index (χ0n) is 35.4. The second-order valence-electron chi connectivity index (χ2n) is 16.8. The first kappa shape index (κ1) is 60.1. The normalized spacial score (nSPS) is 22.8. The van der Waals surface area contributed by atoms with Crippen LogP contribution < -0.4 is 0 Å². The van der Waals surface area contributed by atoms with Crippen LogP contribution in [0.1, 0.15) is 218 Å². The van der Waals surface area contributed by atoms with Crippen LogP contribution in [0.4, 0.5) is 0 Å². The zero-order chi connectivity index (χ0) is 40.8. The molecule has 3 fully saturated rings. The minimum atomic E-state index is -0.367. The molecule has 1 aliphatic carbocycles. The highest BCUT2D eigenvalue weighted by molar-refractivity contribution is 6.08. The monoisotopic (exact) mass is 831 g/mol. The van der Waals surface area contributed by atoms with Crippen LogP contribution in [0, 0.1) is 41.4 Å². The van der Waals surface area contributed by atoms with Crippen molar-refractivity contribution in [2.24, 2.45) is 41.4 Å². The quantitative estimate of drug-likeness (QED) is 0.0643. The number of ketones is 2. The summed E-state index contributed by atoms with van der Waals surface area (Å²) in [7, 11) is 0. The van der Waals surface area contributed by atoms with Gasteiger partial charge in [-0.05, 0) is 36.7 Å². The summed E-state index contributed by atoms with van der Waals surface area (Å²) in [6.45, 7) is 14.0. The van der Waals surface area contributed by atoms with Crippen molar-refractivity contribution in [3.63, 3.8) is 0 Å². The van der Waals surface area contributed by atoms with E-state index in [9.17, 15) is 28.8 Å². The molecule has 0 bridgehead atoms. The molecule has 2 heterocycles. The minimum absolute atomic E-state index is 0. The second-order valence-corrected chi connectivity index (χ2v) is 16.8. The highest BCUT2D eigenvalue weighted by Crippen LogP contribution is 2.34. The summed E-state index contributed by atoms with van der Waals surface area (Å²) in [5.74, 6) is -1.33. The first-order valence-corrected chi connectivity index (χ1v) is 21.9. The topological polar surface area (TPSA) is 121 Å². The molecule has 59 heavy (non-hydrogen) atoms. The van der Waals surface area contributed by atoms with Crippen LogP contribution in [0.2, 0.25) is 0 Å². The molecule has 0 aromatic heterocycles. The highest BCUT2D eigenvalue weighted by Gasteiger charge is 2.42. The molecule has 342 valence electrons. The van der Waals surface area contributed by atoms with E-state index >= 15 is 0 Å². The van der Waals surface area contributed by atoms with Gasteiger partial charge in [-0.25, -0.2) is 0 Å². The average molecular weight is 831 g/mol. The summed E-state index contributed by atoms with van der Waals surface area (Å²) >= 11 is 0. The van der Waals surface area contributed by atoms with Crippen molar-refractivity contribution in [1.29, 1.82) is 0 Å². The van der Waals surface area contributed by atoms with Gasteiger partial charge in [0.25, 0.3) is 0 Å². The third-order valence-electron chi connectivity index (χ3n) is 12.1. The molecule has 8 heteroatoms. The first-order chi connectivity index (χ1) is 26.3. The Hall–Kier alpha value is -3.16. The van der Waals surface area contributed by atoms with Gasteiger partial charge in [-0.2, -0.15) is 0 Å². The fourth-order valence-corrected chi connectivity index (χ4v) is 8.09. The number of esters is 4. The van der Waals surface area contributed by atoms with Crippen LogP contribution in [-0.4, -0.2) is 35.4 Å². The van der Waals surface area contributed by atoms with E-state index in [2.05, 4.69) is 37.6 Å². The summed E-state index contributed by atoms with van der Waals surface area (Å²) in [6.07, 6.45) is 23.9. The number of benzene rings is 1. The van der Waals surface area contributed by atoms with Crippen molar-refractivity contribution in [2.45, 2.75) is 213 Å². The zero-order valence-corrected chi connectivity index (χ0v) is 35.4. The van der Waals surface area contributed by atoms with Crippen LogP contribution in [0.25, 0.3) is 0 Å². The van der Waals surface area contributed by atoms with E-state index in [0.29, 0.717) is 11.8 Å². The molecule has 0 radical (unpaired) electrons. The Bertz CT molecular complexity index is 1320. The lowest BCUT2D eigenvalue weighted by Gasteiger charge is -2.18. The lowest BCUT2D eigenvalue weighted by atomic mass is 9.85. The highest BCUT2D eigenvalue weighted by atomic mass is 16.6. The van der Waals surface area contributed by atoms with Crippen LogP contribution in [0.3, 0.4) is 0 Å². The molecule has 3 aliphatic rings. The predicted octanol–water partition coefficient (Wildman–Crippen LogP) is 13.9. The van der Waals surface area contributed by atoms with Gasteiger partial charge in [0.2, 0.25) is 0 Å². The van der Waals surface area contributed by atoms with Gasteiger partial charge >= 0.3 is 23.9 Å². The summed E-state index contributed by atoms with van der Waals surface area (Å²) < 4.78 is 9.20. The first-order valence-electron chi connectivity index (χ1n) is 21.9. The molecule has 4 rings (SSSR count). The van der Waals surface area contributed by atoms with E-state index in [-0.39, 0.29) is 107 Å². The van der Waals surface area contributed by atoms with Crippen molar-refractivity contribution in [1.82, 2.24) is 0 Å². The minimum Gasteiger partial charge on any atom is -0.393 e. The van der Waals surface area contributed by atoms with E-state index < -0.39 is 0 Å². The number of hydrogen-bond donors (Lipinski definition) is 0. The summed E-state index contributed by atoms with van der Waals surface area (Å²) in [6, 6.07) is 10.2. The summed E-state index contributed by atoms with van der Waals surface area (Å²) in [5.41, 5.74) is 1.24. The van der Waals surface area contributed by atoms with E-state index in [1.807, 2.05) is 39.0 Å². The lowest BCUT2D eigenvalue weighted by Crippen LogP contribution is -2.17. The smallest absolute Gasteiger partial charge is 0.317 e. The number of rotatable bonds is 22. The van der Waals surface area contributed by atoms with E-state index in [1.54, 1.807) is 6.92 Å². The Kier molecular flexibility index (Phi) is 34.2. The number of unbranched alkanes of at least 4 members (excludes halogenated alkanes) is 13. The van der Waals surface area contributed by atoms with E-state index in [1.165, 1.54) is 95.5 Å². The molecule has 8 atom stereocenters. The molecule has 0 spiro atoms. The van der Waals surface area contributed by atoms with E-state index in [4.69, 9.17) is 4.74 Å². The molecule has 8 nitrogen and oxygen atoms in total. The predicted molar refractivity (Wildman–Crippen MR) is 245 cm³/mol. The molecule has 1 aromatic rings. The third-order valence-corrected chi connectivity index (χ3v) is 12.1. The van der Waals surface area contributed by atoms with Crippen LogP contribution in [0.15, 0.2) is 30.3 Å². The molecule has 0 amide bonds. The van der Waals surface area contributed by atoms with Gasteiger partial charge in [0.1, 0.15) is 11.6 Å². The Labute approximate surface area is 362 Å². The van der Waals surface area contributed by atoms with Gasteiger partial charge in [-0.1, -0.05) is 211 Å². The van der Waals surface area contributed by atoms with Gasteiger partial charge < -0.3 is 9.47 Å². The fourth-order valence-electron chi connectivity index (χ4n) is 8.09. The maximum atomic E-state index is 11.7. The van der Waals surface area contributed by atoms with Gasteiger partial charge in [0.05, 0.1) is 30.1 Å². The average Bonchev–Trinajstić information content (AvgIpc) is 3.66. The summed E-state index contributed by atoms with van der Waals surface area (Å²) in [5, 5.41) is 0. The molecule has 2 saturated heterocycles. The number of carbonyl (C=O) groups excluding carboxylic acids is 6. The number of Topliss-reactive ketones (excluding diaryl/α,β-unsaturated/α-hetero) is 2. The molecule has 1 saturated carbocycles. The van der Waals surface area contributed by atoms with Gasteiger partial charge in [-0.3, -0.25) is 28.8 Å². The van der Waals surface area contributed by atoms with Crippen LogP contribution >= 0.6 is 0 Å². The summed E-state index contributed by atoms with van der Waals surface area (Å²) in [4.78, 5) is 68.1. The molecule has 1 aromatic carbocycles. The lowest BCUT2D eigenvalue weighted by molar-refractivity contribution is -0.155. The van der Waals surface area contributed by atoms with Crippen LogP contribution in [-0.2, 0) is 38.2 Å². The molecule has 6 unspecified atom stereocenters. The van der Waals surface area contributed by atoms with Crippen molar-refractivity contribution in [2.75, 3.05) is 0 Å². The third kappa shape index (κ3) is 21.8. The molecular formula is C51H90O8. The van der Waals surface area contributed by atoms with Crippen molar-refractivity contribution in [3.05, 3.63) is 35.9 Å². The molecular weight excluding hydrogens is 741 g/mol. The Morgan fingerprint density at radius 2 is 0.949 bits per heavy atom. The fraction of sp³-hybridized carbons (Fsp3) is 0.765. The van der Waals surface area contributed by atoms with E-state index in [0.717, 1.165) is 32.1 Å². The second kappa shape index (κ2) is 33.5. The Morgan fingerprint density at radius 3 is 1.34 bits per heavy atom. The maximum absolute atomic E-state index is 11.7. The number of ether oxygens (including phenoxy) is 2. The SMILES string of the molecule is C.C.C.C.CCCC1C(=O)OC(=O)C1C.CCCCCCCCCCCCCCCCC(C)CC1C(=O)OC(=O)C1C.C[C@H](CC1C(=O)CC(=O)[C@H]1C)c1ccccc1. The number of carbonyl (C=O) groups is 6. The Morgan fingerprint density at radius 1 is 0.508 bits per heavy atom. The largest absolute Gasteiger partial charge is 0.393 e. The van der Waals surface area contributed by atoms with Crippen LogP contribution in [0.5, 0.6) is 0 Å². The Balaban J connectivity index is -0.000000841. The maximum Gasteiger partial charge on any atom is 0.317 e. The number of hydrogen-bond acceptors (Lipinski definition) is 8. The standard InChI is InChI=1S/C24H44O3.C15H18O2.C8H12O3.4CH4/c1-4-5-6-7-8-9-10-11-12-13-14-15-16-17-18-20(2)19-22-21(3)23(25)27-24(22)26;1-10(12-6-4-3-5-7-12)8-13-11(2)14(16)9-15(13)17;1-3-4-6-5(2)7(9)11-8(6)10;;;;/h20-22H,4-19H2,1-3H3;3-7,10-11,13H,8-9H2,1-2H3;5-6H,3-4H2,1-2H3;4*1H4/t;10-,11+,13?;;;;;/m.1...../s1. The van der Waals surface area contributed by atoms with Gasteiger partial charge in [0.15, 0.2) is 0 Å². The van der Waals surface area contributed by atoms with Gasteiger partial charge in [0, 0.05) is 11.8 Å². The van der Waals surface area contributed by atoms with Gasteiger partial charge in [-0.15, -0.1) is 0 Å². The van der Waals surface area contributed by atoms with Crippen molar-refractivity contribution < 1.29 is 38.2 Å². The molecule has 0 N–H and O–H groups in total. The molecule has 2 aliphatic heterocycles. The van der Waals surface area contributed by atoms with Crippen molar-refractivity contribution >= 4 is 35.4 Å². The number of cyclic esters (lactones) is 4.